The van der Waals surface area contributed by atoms with Crippen molar-refractivity contribution in [3.63, 3.8) is 0 Å². The lowest BCUT2D eigenvalue weighted by molar-refractivity contribution is 0.0968. The number of hydrogen-bond acceptors (Lipinski definition) is 2. The quantitative estimate of drug-likeness (QED) is 0.847. The summed E-state index contributed by atoms with van der Waals surface area (Å²) in [7, 11) is 0. The molecule has 0 saturated carbocycles. The first-order valence-corrected chi connectivity index (χ1v) is 7.26. The number of hydrogen-bond donors (Lipinski definition) is 1. The van der Waals surface area contributed by atoms with Gasteiger partial charge in [0.1, 0.15) is 0 Å². The summed E-state index contributed by atoms with van der Waals surface area (Å²) >= 11 is 0. The first-order valence-electron chi connectivity index (χ1n) is 7.26. The number of Topliss-reactive ketones (excluding diaryl/α,β-unsaturated/α-hetero) is 1. The summed E-state index contributed by atoms with van der Waals surface area (Å²) in [6.07, 6.45) is 5.30. The predicted octanol–water partition coefficient (Wildman–Crippen LogP) is 3.29. The largest absolute Gasteiger partial charge is 0.371 e. The molecule has 19 heavy (non-hydrogen) atoms. The molecule has 0 radical (unpaired) electrons. The minimum atomic E-state index is 0.278. The summed E-state index contributed by atoms with van der Waals surface area (Å²) in [4.78, 5) is 17.7. The Morgan fingerprint density at radius 2 is 1.89 bits per heavy atom. The Balaban J connectivity index is 1.83. The van der Waals surface area contributed by atoms with Crippen LogP contribution in [0.2, 0.25) is 0 Å². The van der Waals surface area contributed by atoms with Crippen LogP contribution in [0.3, 0.4) is 0 Å². The van der Waals surface area contributed by atoms with Gasteiger partial charge in [-0.05, 0) is 43.4 Å². The van der Waals surface area contributed by atoms with Gasteiger partial charge >= 0.3 is 0 Å². The maximum Gasteiger partial charge on any atom is 0.179 e. The van der Waals surface area contributed by atoms with Gasteiger partial charge < -0.3 is 9.88 Å². The number of rotatable bonds is 1. The Kier molecular flexibility index (Phi) is 2.40. The normalized spacial score (nSPS) is 19.2. The Morgan fingerprint density at radius 3 is 2.74 bits per heavy atom. The van der Waals surface area contributed by atoms with E-state index < -0.39 is 0 Å². The van der Waals surface area contributed by atoms with Gasteiger partial charge in [-0.25, -0.2) is 0 Å². The number of carbonyl (C=O) groups is 1. The van der Waals surface area contributed by atoms with Crippen molar-refractivity contribution in [2.24, 2.45) is 0 Å². The molecule has 2 heterocycles. The highest BCUT2D eigenvalue weighted by Crippen LogP contribution is 2.32. The number of aromatic nitrogens is 1. The zero-order chi connectivity index (χ0) is 12.8. The Labute approximate surface area is 112 Å². The Morgan fingerprint density at radius 1 is 1.05 bits per heavy atom. The van der Waals surface area contributed by atoms with E-state index in [1.807, 2.05) is 0 Å². The molecule has 0 bridgehead atoms. The van der Waals surface area contributed by atoms with Crippen molar-refractivity contribution < 1.29 is 4.79 Å². The van der Waals surface area contributed by atoms with Crippen molar-refractivity contribution in [3.8, 4) is 0 Å². The molecule has 1 N–H and O–H groups in total. The first-order chi connectivity index (χ1) is 9.33. The van der Waals surface area contributed by atoms with Gasteiger partial charge in [-0.1, -0.05) is 6.07 Å². The van der Waals surface area contributed by atoms with E-state index in [-0.39, 0.29) is 5.78 Å². The average Bonchev–Trinajstić information content (AvgIpc) is 3.06. The molecule has 1 fully saturated rings. The predicted molar refractivity (Wildman–Crippen MR) is 77.0 cm³/mol. The van der Waals surface area contributed by atoms with Gasteiger partial charge in [-0.2, -0.15) is 0 Å². The van der Waals surface area contributed by atoms with E-state index in [0.29, 0.717) is 6.42 Å². The number of aryl methyl sites for hydroxylation is 1. The van der Waals surface area contributed by atoms with Crippen LogP contribution in [0, 0.1) is 0 Å². The van der Waals surface area contributed by atoms with Gasteiger partial charge in [0, 0.05) is 36.1 Å². The summed E-state index contributed by atoms with van der Waals surface area (Å²) < 4.78 is 0. The second kappa shape index (κ2) is 4.12. The molecule has 0 atom stereocenters. The zero-order valence-electron chi connectivity index (χ0n) is 11.0. The minimum Gasteiger partial charge on any atom is -0.371 e. The number of aromatic amines is 1. The summed E-state index contributed by atoms with van der Waals surface area (Å²) in [5, 5.41) is 1.24. The zero-order valence-corrected chi connectivity index (χ0v) is 11.0. The number of nitrogens with one attached hydrogen (secondary N) is 1. The van der Waals surface area contributed by atoms with E-state index in [4.69, 9.17) is 0 Å². The maximum atomic E-state index is 12.0. The molecule has 1 aromatic carbocycles. The maximum absolute atomic E-state index is 12.0. The summed E-state index contributed by atoms with van der Waals surface area (Å²) in [5.41, 5.74) is 4.51. The third-order valence-corrected chi connectivity index (χ3v) is 4.47. The molecule has 3 heteroatoms. The van der Waals surface area contributed by atoms with Crippen molar-refractivity contribution >= 4 is 22.4 Å². The summed E-state index contributed by atoms with van der Waals surface area (Å²) in [5.74, 6) is 0.278. The molecule has 1 saturated heterocycles. The molecule has 0 spiro atoms. The molecule has 1 aliphatic carbocycles. The molecule has 3 nitrogen and oxygen atoms in total. The van der Waals surface area contributed by atoms with E-state index >= 15 is 0 Å². The van der Waals surface area contributed by atoms with Crippen LogP contribution in [-0.4, -0.2) is 23.9 Å². The molecule has 98 valence electrons. The molecular formula is C16H18N2O. The van der Waals surface area contributed by atoms with E-state index in [1.165, 1.54) is 29.5 Å². The van der Waals surface area contributed by atoms with Crippen molar-refractivity contribution in [1.29, 1.82) is 0 Å². The number of nitrogens with zero attached hydrogens (tertiary/aromatic N) is 1. The van der Waals surface area contributed by atoms with E-state index in [1.54, 1.807) is 0 Å². The molecular weight excluding hydrogens is 236 g/mol. The fourth-order valence-corrected chi connectivity index (χ4v) is 3.46. The van der Waals surface area contributed by atoms with Crippen LogP contribution >= 0.6 is 0 Å². The molecule has 4 rings (SSSR count). The van der Waals surface area contributed by atoms with Crippen LogP contribution in [0.5, 0.6) is 0 Å². The summed E-state index contributed by atoms with van der Waals surface area (Å²) in [6, 6.07) is 6.62. The van der Waals surface area contributed by atoms with Gasteiger partial charge in [0.15, 0.2) is 5.78 Å². The second-order valence-electron chi connectivity index (χ2n) is 5.68. The van der Waals surface area contributed by atoms with Gasteiger partial charge in [-0.15, -0.1) is 0 Å². The van der Waals surface area contributed by atoms with Crippen LogP contribution in [0.25, 0.3) is 10.9 Å². The topological polar surface area (TPSA) is 36.1 Å². The van der Waals surface area contributed by atoms with E-state index in [9.17, 15) is 4.79 Å². The molecule has 1 aromatic heterocycles. The highest BCUT2D eigenvalue weighted by atomic mass is 16.1. The van der Waals surface area contributed by atoms with Gasteiger partial charge in [0.25, 0.3) is 0 Å². The number of anilines is 1. The second-order valence-corrected chi connectivity index (χ2v) is 5.68. The lowest BCUT2D eigenvalue weighted by Crippen LogP contribution is -2.17. The standard InChI is InChI=1S/C16H18N2O/c19-15-5-3-4-13-12-7-6-11(18-8-1-2-9-18)10-14(12)17-16(13)15/h6-7,10,17H,1-5,8-9H2. The van der Waals surface area contributed by atoms with Gasteiger partial charge in [0.05, 0.1) is 5.69 Å². The lowest BCUT2D eigenvalue weighted by Gasteiger charge is -2.17. The third kappa shape index (κ3) is 1.68. The lowest BCUT2D eigenvalue weighted by atomic mass is 9.95. The van der Waals surface area contributed by atoms with Crippen molar-refractivity contribution in [2.75, 3.05) is 18.0 Å². The van der Waals surface area contributed by atoms with Crippen molar-refractivity contribution in [2.45, 2.75) is 32.1 Å². The van der Waals surface area contributed by atoms with Crippen molar-refractivity contribution in [3.05, 3.63) is 29.5 Å². The molecule has 0 amide bonds. The molecule has 2 aromatic rings. The van der Waals surface area contributed by atoms with Crippen LogP contribution in [0.1, 0.15) is 41.7 Å². The van der Waals surface area contributed by atoms with Crippen LogP contribution in [0.15, 0.2) is 18.2 Å². The number of carbonyl (C=O) groups excluding carboxylic acids is 1. The van der Waals surface area contributed by atoms with Gasteiger partial charge in [-0.3, -0.25) is 4.79 Å². The smallest absolute Gasteiger partial charge is 0.179 e. The first kappa shape index (κ1) is 11.1. The number of fused-ring (bicyclic) bond motifs is 3. The highest BCUT2D eigenvalue weighted by Gasteiger charge is 2.22. The molecule has 2 aliphatic rings. The average molecular weight is 254 g/mol. The number of H-pyrrole nitrogens is 1. The fraction of sp³-hybridized carbons (Fsp3) is 0.438. The Hall–Kier alpha value is -1.77. The van der Waals surface area contributed by atoms with Crippen LogP contribution < -0.4 is 4.90 Å². The molecule has 1 aliphatic heterocycles. The third-order valence-electron chi connectivity index (χ3n) is 4.47. The number of ketones is 1. The van der Waals surface area contributed by atoms with Crippen molar-refractivity contribution in [1.82, 2.24) is 4.98 Å². The van der Waals surface area contributed by atoms with E-state index in [2.05, 4.69) is 28.1 Å². The Bertz CT molecular complexity index is 650. The SMILES string of the molecule is O=C1CCCc2c1[nH]c1cc(N3CCCC3)ccc21. The van der Waals surface area contributed by atoms with Crippen LogP contribution in [-0.2, 0) is 6.42 Å². The van der Waals surface area contributed by atoms with Crippen LogP contribution in [0.4, 0.5) is 5.69 Å². The number of benzene rings is 1. The van der Waals surface area contributed by atoms with E-state index in [0.717, 1.165) is 37.1 Å². The highest BCUT2D eigenvalue weighted by molar-refractivity contribution is 6.03. The molecule has 0 unspecified atom stereocenters. The summed E-state index contributed by atoms with van der Waals surface area (Å²) in [6.45, 7) is 2.32. The van der Waals surface area contributed by atoms with Gasteiger partial charge in [0.2, 0.25) is 0 Å². The minimum absolute atomic E-state index is 0.278. The fourth-order valence-electron chi connectivity index (χ4n) is 3.46. The monoisotopic (exact) mass is 254 g/mol.